The van der Waals surface area contributed by atoms with Gasteiger partial charge in [0.05, 0.1) is 0 Å². The fourth-order valence-electron chi connectivity index (χ4n) is 3.04. The van der Waals surface area contributed by atoms with Crippen LogP contribution >= 0.6 is 0 Å². The molecule has 3 N–H and O–H groups in total. The molecule has 2 rings (SSSR count). The topological polar surface area (TPSA) is 55.1 Å². The van der Waals surface area contributed by atoms with Crippen LogP contribution in [0.4, 0.5) is 42.1 Å². The van der Waals surface area contributed by atoms with E-state index in [9.17, 15) is 35.5 Å². The SMILES string of the molecule is CCc1cc(C(F)(C(F)(F)F)C(F)(F)F)cc(CC)c1NC(=O)c1cccc(N)c1. The van der Waals surface area contributed by atoms with Crippen molar-refractivity contribution in [2.24, 2.45) is 0 Å². The highest BCUT2D eigenvalue weighted by atomic mass is 19.4. The van der Waals surface area contributed by atoms with Gasteiger partial charge in [-0.2, -0.15) is 26.3 Å². The van der Waals surface area contributed by atoms with E-state index in [0.717, 1.165) is 0 Å². The van der Waals surface area contributed by atoms with Gasteiger partial charge in [0, 0.05) is 22.5 Å². The fourth-order valence-corrected chi connectivity index (χ4v) is 3.04. The van der Waals surface area contributed by atoms with Crippen molar-refractivity contribution in [3.05, 3.63) is 58.7 Å². The standard InChI is InChI=1S/C20H19F7N2O/c1-3-11-8-14(18(21,19(22,23)24)20(25,26)27)9-12(4-2)16(11)29-17(30)13-6-5-7-15(28)10-13/h5-10H,3-4,28H2,1-2H3,(H,29,30). The molecular formula is C20H19F7N2O. The summed E-state index contributed by atoms with van der Waals surface area (Å²) in [5, 5.41) is 2.50. The van der Waals surface area contributed by atoms with Crippen molar-refractivity contribution in [2.45, 2.75) is 44.7 Å². The van der Waals surface area contributed by atoms with Gasteiger partial charge in [-0.3, -0.25) is 4.79 Å². The van der Waals surface area contributed by atoms with Crippen LogP contribution in [0.15, 0.2) is 36.4 Å². The normalized spacial score (nSPS) is 12.7. The van der Waals surface area contributed by atoms with Crippen LogP contribution < -0.4 is 11.1 Å². The zero-order chi connectivity index (χ0) is 22.9. The van der Waals surface area contributed by atoms with E-state index in [-0.39, 0.29) is 35.2 Å². The van der Waals surface area contributed by atoms with E-state index in [1.807, 2.05) is 0 Å². The zero-order valence-electron chi connectivity index (χ0n) is 16.0. The van der Waals surface area contributed by atoms with Gasteiger partial charge in [0.2, 0.25) is 0 Å². The van der Waals surface area contributed by atoms with Crippen LogP contribution in [-0.4, -0.2) is 18.3 Å². The molecule has 30 heavy (non-hydrogen) atoms. The van der Waals surface area contributed by atoms with Gasteiger partial charge in [0.1, 0.15) is 0 Å². The van der Waals surface area contributed by atoms with Crippen LogP contribution in [0.3, 0.4) is 0 Å². The summed E-state index contributed by atoms with van der Waals surface area (Å²) in [5.74, 6) is -0.655. The molecule has 0 spiro atoms. The third-order valence-electron chi connectivity index (χ3n) is 4.63. The van der Waals surface area contributed by atoms with E-state index in [2.05, 4.69) is 5.32 Å². The molecule has 0 bridgehead atoms. The molecule has 0 aromatic heterocycles. The van der Waals surface area contributed by atoms with Crippen LogP contribution in [0, 0.1) is 0 Å². The van der Waals surface area contributed by atoms with Crippen molar-refractivity contribution in [2.75, 3.05) is 11.1 Å². The second-order valence-corrected chi connectivity index (χ2v) is 6.61. The molecule has 0 aliphatic carbocycles. The van der Waals surface area contributed by atoms with E-state index < -0.39 is 29.5 Å². The minimum Gasteiger partial charge on any atom is -0.399 e. The van der Waals surface area contributed by atoms with Gasteiger partial charge in [-0.05, 0) is 54.3 Å². The van der Waals surface area contributed by atoms with Gasteiger partial charge >= 0.3 is 18.0 Å². The number of nitrogens with one attached hydrogen (secondary N) is 1. The highest BCUT2D eigenvalue weighted by molar-refractivity contribution is 6.05. The maximum Gasteiger partial charge on any atom is 0.435 e. The van der Waals surface area contributed by atoms with E-state index in [1.165, 1.54) is 38.1 Å². The Morgan fingerprint density at radius 2 is 1.40 bits per heavy atom. The Balaban J connectivity index is 2.62. The number of halogens is 7. The average Bonchev–Trinajstić information content (AvgIpc) is 2.65. The first-order valence-corrected chi connectivity index (χ1v) is 8.91. The van der Waals surface area contributed by atoms with Crippen molar-refractivity contribution in [1.29, 1.82) is 0 Å². The summed E-state index contributed by atoms with van der Waals surface area (Å²) < 4.78 is 93.4. The Labute approximate surface area is 168 Å². The molecule has 3 nitrogen and oxygen atoms in total. The number of nitrogens with two attached hydrogens (primary N) is 1. The predicted molar refractivity (Wildman–Crippen MR) is 98.9 cm³/mol. The molecule has 0 aliphatic heterocycles. The monoisotopic (exact) mass is 436 g/mol. The highest BCUT2D eigenvalue weighted by Gasteiger charge is 2.73. The number of alkyl halides is 7. The number of hydrogen-bond donors (Lipinski definition) is 2. The second-order valence-electron chi connectivity index (χ2n) is 6.61. The van der Waals surface area contributed by atoms with E-state index in [0.29, 0.717) is 17.8 Å². The summed E-state index contributed by atoms with van der Waals surface area (Å²) in [7, 11) is 0. The second kappa shape index (κ2) is 8.16. The summed E-state index contributed by atoms with van der Waals surface area (Å²) in [6, 6.07) is 6.84. The van der Waals surface area contributed by atoms with Crippen molar-refractivity contribution in [3.8, 4) is 0 Å². The van der Waals surface area contributed by atoms with Gasteiger partial charge in [0.15, 0.2) is 0 Å². The maximum atomic E-state index is 14.5. The van der Waals surface area contributed by atoms with Gasteiger partial charge in [-0.1, -0.05) is 19.9 Å². The van der Waals surface area contributed by atoms with Crippen LogP contribution in [0.1, 0.15) is 40.9 Å². The Hall–Kier alpha value is -2.78. The molecule has 164 valence electrons. The fraction of sp³-hybridized carbons (Fsp3) is 0.350. The zero-order valence-corrected chi connectivity index (χ0v) is 16.0. The lowest BCUT2D eigenvalue weighted by Crippen LogP contribution is -2.50. The molecule has 0 saturated heterocycles. The lowest BCUT2D eigenvalue weighted by atomic mass is 9.88. The lowest BCUT2D eigenvalue weighted by Gasteiger charge is -2.31. The number of carbonyl (C=O) groups is 1. The number of rotatable bonds is 5. The first-order valence-electron chi connectivity index (χ1n) is 8.91. The number of amides is 1. The minimum atomic E-state index is -6.21. The van der Waals surface area contributed by atoms with E-state index >= 15 is 0 Å². The number of anilines is 2. The summed E-state index contributed by atoms with van der Waals surface area (Å²) in [5.41, 5.74) is -1.12. The van der Waals surface area contributed by atoms with Crippen LogP contribution in [-0.2, 0) is 18.5 Å². The quantitative estimate of drug-likeness (QED) is 0.451. The van der Waals surface area contributed by atoms with Gasteiger partial charge in [0.25, 0.3) is 5.91 Å². The first-order chi connectivity index (χ1) is 13.8. The number of aryl methyl sites for hydroxylation is 2. The van der Waals surface area contributed by atoms with Crippen LogP contribution in [0.2, 0.25) is 0 Å². The van der Waals surface area contributed by atoms with E-state index in [4.69, 9.17) is 5.73 Å². The molecule has 2 aromatic carbocycles. The van der Waals surface area contributed by atoms with Crippen LogP contribution in [0.5, 0.6) is 0 Å². The molecule has 0 radical (unpaired) electrons. The highest BCUT2D eigenvalue weighted by Crippen LogP contribution is 2.54. The molecule has 0 atom stereocenters. The summed E-state index contributed by atoms with van der Waals surface area (Å²) in [6.45, 7) is 2.94. The molecule has 0 heterocycles. The number of nitrogen functional groups attached to an aromatic ring is 1. The molecular weight excluding hydrogens is 417 g/mol. The first kappa shape index (κ1) is 23.5. The van der Waals surface area contributed by atoms with Gasteiger partial charge in [-0.15, -0.1) is 0 Å². The Morgan fingerprint density at radius 1 is 0.900 bits per heavy atom. The molecule has 2 aromatic rings. The van der Waals surface area contributed by atoms with Gasteiger partial charge < -0.3 is 11.1 Å². The predicted octanol–water partition coefficient (Wildman–Crippen LogP) is 5.94. The van der Waals surface area contributed by atoms with E-state index in [1.54, 1.807) is 0 Å². The van der Waals surface area contributed by atoms with Crippen molar-refractivity contribution >= 4 is 17.3 Å². The van der Waals surface area contributed by atoms with Crippen molar-refractivity contribution in [1.82, 2.24) is 0 Å². The number of hydrogen-bond acceptors (Lipinski definition) is 2. The Bertz CT molecular complexity index is 896. The third kappa shape index (κ3) is 4.22. The minimum absolute atomic E-state index is 0.0425. The molecule has 10 heteroatoms. The lowest BCUT2D eigenvalue weighted by molar-refractivity contribution is -0.348. The third-order valence-corrected chi connectivity index (χ3v) is 4.63. The summed E-state index contributed by atoms with van der Waals surface area (Å²) >= 11 is 0. The largest absolute Gasteiger partial charge is 0.435 e. The van der Waals surface area contributed by atoms with Crippen LogP contribution in [0.25, 0.3) is 0 Å². The summed E-state index contributed by atoms with van der Waals surface area (Å²) in [4.78, 5) is 12.5. The Morgan fingerprint density at radius 3 is 1.80 bits per heavy atom. The van der Waals surface area contributed by atoms with Gasteiger partial charge in [-0.25, -0.2) is 4.39 Å². The Kier molecular flexibility index (Phi) is 6.39. The molecule has 0 fully saturated rings. The number of benzene rings is 2. The van der Waals surface area contributed by atoms with Crippen molar-refractivity contribution in [3.63, 3.8) is 0 Å². The number of carbonyl (C=O) groups excluding carboxylic acids is 1. The average molecular weight is 436 g/mol. The van der Waals surface area contributed by atoms with Crippen molar-refractivity contribution < 1.29 is 35.5 Å². The molecule has 0 unspecified atom stereocenters. The smallest absolute Gasteiger partial charge is 0.399 e. The molecule has 1 amide bonds. The summed E-state index contributed by atoms with van der Waals surface area (Å²) in [6.07, 6.45) is -12.5. The molecule has 0 aliphatic rings. The molecule has 0 saturated carbocycles. The maximum absolute atomic E-state index is 14.5.